The lowest BCUT2D eigenvalue weighted by atomic mass is 9.82. The summed E-state index contributed by atoms with van der Waals surface area (Å²) in [5.41, 5.74) is -2.54. The summed E-state index contributed by atoms with van der Waals surface area (Å²) in [5.74, 6) is -3.52. The molecule has 0 amide bonds. The molecule has 0 radical (unpaired) electrons. The van der Waals surface area contributed by atoms with Crippen molar-refractivity contribution in [3.05, 3.63) is 34.8 Å². The highest BCUT2D eigenvalue weighted by molar-refractivity contribution is 6.74. The highest BCUT2D eigenvalue weighted by Crippen LogP contribution is 2.54. The second-order valence-corrected chi connectivity index (χ2v) is 14.9. The molecule has 5 nitrogen and oxygen atoms in total. The predicted molar refractivity (Wildman–Crippen MR) is 123 cm³/mol. The van der Waals surface area contributed by atoms with Crippen molar-refractivity contribution in [1.29, 1.82) is 0 Å². The zero-order valence-corrected chi connectivity index (χ0v) is 22.2. The molecule has 192 valence electrons. The standard InChI is InChI=1S/C24H34F4O5Si/c1-10-31-21(29)20-18(14(2)23(6,33-20)24(26,27)28)15-11-12-17(25)16(19(15)30-7)13-32-34(8,9)22(3,4)5/h11-12,14H,10,13H2,1-9H3. The van der Waals surface area contributed by atoms with Crippen molar-refractivity contribution in [2.45, 2.75) is 78.1 Å². The Kier molecular flexibility index (Phi) is 7.89. The van der Waals surface area contributed by atoms with Crippen molar-refractivity contribution in [2.75, 3.05) is 13.7 Å². The van der Waals surface area contributed by atoms with Crippen LogP contribution in [0.5, 0.6) is 5.75 Å². The van der Waals surface area contributed by atoms with Gasteiger partial charge in [0.15, 0.2) is 8.32 Å². The van der Waals surface area contributed by atoms with E-state index in [9.17, 15) is 22.4 Å². The quantitative estimate of drug-likeness (QED) is 0.236. The summed E-state index contributed by atoms with van der Waals surface area (Å²) in [7, 11) is -0.987. The SMILES string of the molecule is CCOC(=O)C1=C(c2ccc(F)c(CO[Si](C)(C)C(C)(C)C)c2OC)C(C)C(C)(C(F)(F)F)O1. The van der Waals surface area contributed by atoms with E-state index in [4.69, 9.17) is 18.6 Å². The molecule has 0 bridgehead atoms. The van der Waals surface area contributed by atoms with Gasteiger partial charge in [0.1, 0.15) is 11.6 Å². The monoisotopic (exact) mass is 506 g/mol. The van der Waals surface area contributed by atoms with Crippen LogP contribution >= 0.6 is 0 Å². The number of carbonyl (C=O) groups excluding carboxylic acids is 1. The van der Waals surface area contributed by atoms with Gasteiger partial charge in [0.2, 0.25) is 11.4 Å². The Hall–Kier alpha value is -2.07. The Morgan fingerprint density at radius 2 is 1.79 bits per heavy atom. The number of hydrogen-bond acceptors (Lipinski definition) is 5. The summed E-state index contributed by atoms with van der Waals surface area (Å²) in [5, 5.41) is -0.143. The highest BCUT2D eigenvalue weighted by atomic mass is 28.4. The third-order valence-corrected chi connectivity index (χ3v) is 11.4. The smallest absolute Gasteiger partial charge is 0.428 e. The van der Waals surface area contributed by atoms with Crippen LogP contribution in [0.15, 0.2) is 17.9 Å². The average molecular weight is 507 g/mol. The van der Waals surface area contributed by atoms with Crippen LogP contribution in [0.4, 0.5) is 17.6 Å². The van der Waals surface area contributed by atoms with Crippen molar-refractivity contribution >= 4 is 19.9 Å². The lowest BCUT2D eigenvalue weighted by molar-refractivity contribution is -0.262. The Morgan fingerprint density at radius 3 is 2.26 bits per heavy atom. The molecule has 0 spiro atoms. The fourth-order valence-electron chi connectivity index (χ4n) is 3.49. The molecular weight excluding hydrogens is 472 g/mol. The van der Waals surface area contributed by atoms with Crippen LogP contribution in [0.2, 0.25) is 18.1 Å². The number of hydrogen-bond donors (Lipinski definition) is 0. The summed E-state index contributed by atoms with van der Waals surface area (Å²) in [4.78, 5) is 12.6. The number of carbonyl (C=O) groups is 1. The van der Waals surface area contributed by atoms with Crippen LogP contribution in [-0.2, 0) is 25.3 Å². The zero-order valence-electron chi connectivity index (χ0n) is 21.2. The van der Waals surface area contributed by atoms with Crippen LogP contribution in [0.25, 0.3) is 5.57 Å². The Balaban J connectivity index is 2.68. The van der Waals surface area contributed by atoms with Gasteiger partial charge in [0.25, 0.3) is 0 Å². The first-order valence-electron chi connectivity index (χ1n) is 11.1. The number of methoxy groups -OCH3 is 1. The van der Waals surface area contributed by atoms with E-state index in [1.165, 1.54) is 27.0 Å². The van der Waals surface area contributed by atoms with E-state index < -0.39 is 43.6 Å². The molecule has 34 heavy (non-hydrogen) atoms. The van der Waals surface area contributed by atoms with Crippen molar-refractivity contribution in [2.24, 2.45) is 5.92 Å². The summed E-state index contributed by atoms with van der Waals surface area (Å²) >= 11 is 0. The fraction of sp³-hybridized carbons (Fsp3) is 0.625. The maximum Gasteiger partial charge on any atom is 0.428 e. The van der Waals surface area contributed by atoms with E-state index in [-0.39, 0.29) is 40.7 Å². The molecule has 10 heteroatoms. The summed E-state index contributed by atoms with van der Waals surface area (Å²) in [6, 6.07) is 2.43. The lowest BCUT2D eigenvalue weighted by Crippen LogP contribution is -2.47. The highest BCUT2D eigenvalue weighted by Gasteiger charge is 2.63. The first-order chi connectivity index (χ1) is 15.4. The molecule has 0 saturated heterocycles. The minimum Gasteiger partial charge on any atom is -0.496 e. The maximum atomic E-state index is 14.9. The van der Waals surface area contributed by atoms with E-state index >= 15 is 0 Å². The fourth-order valence-corrected chi connectivity index (χ4v) is 4.43. The second-order valence-electron chi connectivity index (χ2n) is 10.0. The molecule has 1 aliphatic rings. The summed E-state index contributed by atoms with van der Waals surface area (Å²) < 4.78 is 78.7. The lowest BCUT2D eigenvalue weighted by Gasteiger charge is -2.36. The minimum absolute atomic E-state index is 0.00242. The molecular formula is C24H34F4O5Si. The van der Waals surface area contributed by atoms with Crippen LogP contribution < -0.4 is 4.74 Å². The molecule has 0 fully saturated rings. The van der Waals surface area contributed by atoms with Gasteiger partial charge in [-0.15, -0.1) is 0 Å². The number of halogens is 4. The maximum absolute atomic E-state index is 14.9. The van der Waals surface area contributed by atoms with Crippen molar-refractivity contribution in [3.8, 4) is 5.75 Å². The molecule has 2 unspecified atom stereocenters. The van der Waals surface area contributed by atoms with Crippen LogP contribution in [0.1, 0.15) is 52.7 Å². The van der Waals surface area contributed by atoms with Gasteiger partial charge in [-0.05, 0) is 44.1 Å². The summed E-state index contributed by atoms with van der Waals surface area (Å²) in [6.07, 6.45) is -4.78. The molecule has 0 N–H and O–H groups in total. The molecule has 2 rings (SSSR count). The van der Waals surface area contributed by atoms with E-state index in [0.717, 1.165) is 13.0 Å². The van der Waals surface area contributed by atoms with E-state index in [2.05, 4.69) is 0 Å². The van der Waals surface area contributed by atoms with Gasteiger partial charge in [-0.1, -0.05) is 27.7 Å². The number of rotatable bonds is 7. The molecule has 0 aliphatic carbocycles. The molecule has 1 aromatic carbocycles. The van der Waals surface area contributed by atoms with Crippen molar-refractivity contribution < 1.29 is 41.0 Å². The summed E-state index contributed by atoms with van der Waals surface area (Å²) in [6.45, 7) is 13.7. The molecule has 0 aromatic heterocycles. The van der Waals surface area contributed by atoms with Gasteiger partial charge in [-0.25, -0.2) is 9.18 Å². The Bertz CT molecular complexity index is 965. The van der Waals surface area contributed by atoms with Crippen molar-refractivity contribution in [3.63, 3.8) is 0 Å². The first-order valence-corrected chi connectivity index (χ1v) is 14.0. The van der Waals surface area contributed by atoms with Crippen LogP contribution in [0.3, 0.4) is 0 Å². The van der Waals surface area contributed by atoms with Gasteiger partial charge in [0.05, 0.1) is 25.9 Å². The Labute approximate surface area is 199 Å². The van der Waals surface area contributed by atoms with Crippen molar-refractivity contribution in [1.82, 2.24) is 0 Å². The molecule has 1 heterocycles. The van der Waals surface area contributed by atoms with E-state index in [1.54, 1.807) is 0 Å². The molecule has 1 aliphatic heterocycles. The predicted octanol–water partition coefficient (Wildman–Crippen LogP) is 6.62. The number of benzene rings is 1. The molecule has 0 saturated carbocycles. The number of ether oxygens (including phenoxy) is 3. The Morgan fingerprint density at radius 1 is 1.21 bits per heavy atom. The van der Waals surface area contributed by atoms with Gasteiger partial charge >= 0.3 is 12.1 Å². The zero-order chi connectivity index (χ0) is 26.3. The normalized spacial score (nSPS) is 21.5. The van der Waals surface area contributed by atoms with Crippen LogP contribution in [-0.4, -0.2) is 39.8 Å². The third-order valence-electron chi connectivity index (χ3n) is 6.92. The number of esters is 1. The molecule has 1 aromatic rings. The third kappa shape index (κ3) is 4.98. The minimum atomic E-state index is -4.78. The van der Waals surface area contributed by atoms with Gasteiger partial charge in [-0.2, -0.15) is 13.2 Å². The van der Waals surface area contributed by atoms with Crippen LogP contribution in [0, 0.1) is 11.7 Å². The average Bonchev–Trinajstić information content (AvgIpc) is 2.98. The molecule has 2 atom stereocenters. The van der Waals surface area contributed by atoms with Gasteiger partial charge in [-0.3, -0.25) is 0 Å². The topological polar surface area (TPSA) is 54.0 Å². The van der Waals surface area contributed by atoms with Gasteiger partial charge in [0, 0.05) is 17.1 Å². The van der Waals surface area contributed by atoms with Gasteiger partial charge < -0.3 is 18.6 Å². The van der Waals surface area contributed by atoms with E-state index in [0.29, 0.717) is 0 Å². The first kappa shape index (κ1) is 28.2. The number of alkyl halides is 3. The second kappa shape index (κ2) is 9.52. The van der Waals surface area contributed by atoms with E-state index in [1.807, 2.05) is 33.9 Å². The largest absolute Gasteiger partial charge is 0.496 e.